The Morgan fingerprint density at radius 3 is 2.74 bits per heavy atom. The summed E-state index contributed by atoms with van der Waals surface area (Å²) < 4.78 is 16.0. The van der Waals surface area contributed by atoms with Crippen molar-refractivity contribution in [3.63, 3.8) is 0 Å². The second kappa shape index (κ2) is 4.97. The van der Waals surface area contributed by atoms with Crippen molar-refractivity contribution < 1.29 is 4.39 Å². The summed E-state index contributed by atoms with van der Waals surface area (Å²) in [7, 11) is 0. The summed E-state index contributed by atoms with van der Waals surface area (Å²) in [6.45, 7) is 0. The Balaban J connectivity index is 2.02. The summed E-state index contributed by atoms with van der Waals surface area (Å²) in [6, 6.07) is 12.5. The lowest BCUT2D eigenvalue weighted by Gasteiger charge is -2.04. The molecule has 0 saturated carbocycles. The van der Waals surface area contributed by atoms with Crippen molar-refractivity contribution in [1.29, 1.82) is 0 Å². The number of benzene rings is 1. The SMILES string of the molecule is Fc1cc(Br)cc(-n2ccc(-c3ccccn3)c2)c1. The van der Waals surface area contributed by atoms with Gasteiger partial charge in [0.2, 0.25) is 0 Å². The molecule has 19 heavy (non-hydrogen) atoms. The van der Waals surface area contributed by atoms with Gasteiger partial charge < -0.3 is 4.57 Å². The topological polar surface area (TPSA) is 17.8 Å². The van der Waals surface area contributed by atoms with Crippen molar-refractivity contribution in [2.45, 2.75) is 0 Å². The first kappa shape index (κ1) is 12.1. The van der Waals surface area contributed by atoms with Gasteiger partial charge in [-0.1, -0.05) is 22.0 Å². The molecule has 94 valence electrons. The number of nitrogens with zero attached hydrogens (tertiary/aromatic N) is 2. The molecule has 1 aromatic carbocycles. The standard InChI is InChI=1S/C15H10BrFN2/c16-12-7-13(17)9-14(8-12)19-6-4-11(10-19)15-3-1-2-5-18-15/h1-10H. The van der Waals surface area contributed by atoms with Crippen LogP contribution < -0.4 is 0 Å². The molecule has 2 heterocycles. The Hall–Kier alpha value is -1.94. The third-order valence-electron chi connectivity index (χ3n) is 2.80. The fourth-order valence-corrected chi connectivity index (χ4v) is 2.38. The number of halogens is 2. The van der Waals surface area contributed by atoms with Crippen LogP contribution in [0.2, 0.25) is 0 Å². The average molecular weight is 317 g/mol. The van der Waals surface area contributed by atoms with E-state index in [1.54, 1.807) is 6.20 Å². The van der Waals surface area contributed by atoms with E-state index in [9.17, 15) is 4.39 Å². The van der Waals surface area contributed by atoms with Crippen LogP contribution in [0.4, 0.5) is 4.39 Å². The highest BCUT2D eigenvalue weighted by molar-refractivity contribution is 9.10. The molecule has 2 nitrogen and oxygen atoms in total. The zero-order valence-electron chi connectivity index (χ0n) is 9.92. The molecule has 0 fully saturated rings. The monoisotopic (exact) mass is 316 g/mol. The fraction of sp³-hybridized carbons (Fsp3) is 0. The summed E-state index contributed by atoms with van der Waals surface area (Å²) in [5.74, 6) is -0.266. The molecular formula is C15H10BrFN2. The predicted molar refractivity (Wildman–Crippen MR) is 76.7 cm³/mol. The van der Waals surface area contributed by atoms with E-state index in [-0.39, 0.29) is 5.82 Å². The lowest BCUT2D eigenvalue weighted by Crippen LogP contribution is -1.91. The van der Waals surface area contributed by atoms with E-state index in [2.05, 4.69) is 20.9 Å². The lowest BCUT2D eigenvalue weighted by atomic mass is 10.2. The van der Waals surface area contributed by atoms with Gasteiger partial charge in [0, 0.05) is 34.3 Å². The van der Waals surface area contributed by atoms with E-state index in [1.165, 1.54) is 12.1 Å². The minimum absolute atomic E-state index is 0.266. The second-order valence-corrected chi connectivity index (χ2v) is 5.07. The van der Waals surface area contributed by atoms with Gasteiger partial charge in [0.05, 0.1) is 5.69 Å². The Bertz CT molecular complexity index is 687. The minimum atomic E-state index is -0.266. The maximum atomic E-state index is 13.4. The van der Waals surface area contributed by atoms with Gasteiger partial charge in [-0.15, -0.1) is 0 Å². The lowest BCUT2D eigenvalue weighted by molar-refractivity contribution is 0.625. The van der Waals surface area contributed by atoms with Gasteiger partial charge in [0.15, 0.2) is 0 Å². The second-order valence-electron chi connectivity index (χ2n) is 4.15. The molecule has 4 heteroatoms. The molecule has 0 unspecified atom stereocenters. The number of aromatic nitrogens is 2. The molecule has 0 bridgehead atoms. The van der Waals surface area contributed by atoms with Crippen LogP contribution in [0.25, 0.3) is 16.9 Å². The van der Waals surface area contributed by atoms with Gasteiger partial charge in [0.25, 0.3) is 0 Å². The normalized spacial score (nSPS) is 10.6. The van der Waals surface area contributed by atoms with Crippen molar-refractivity contribution in [1.82, 2.24) is 9.55 Å². The van der Waals surface area contributed by atoms with Gasteiger partial charge in [0.1, 0.15) is 5.82 Å². The van der Waals surface area contributed by atoms with Crippen LogP contribution in [0.1, 0.15) is 0 Å². The summed E-state index contributed by atoms with van der Waals surface area (Å²) in [6.07, 6.45) is 5.58. The third kappa shape index (κ3) is 2.58. The van der Waals surface area contributed by atoms with E-state index in [0.717, 1.165) is 21.4 Å². The number of pyridine rings is 1. The Labute approximate surface area is 118 Å². The minimum Gasteiger partial charge on any atom is -0.323 e. The van der Waals surface area contributed by atoms with Crippen LogP contribution in [0.15, 0.2) is 65.5 Å². The summed E-state index contributed by atoms with van der Waals surface area (Å²) in [5, 5.41) is 0. The third-order valence-corrected chi connectivity index (χ3v) is 3.26. The molecule has 0 saturated heterocycles. The quantitative estimate of drug-likeness (QED) is 0.683. The molecule has 3 rings (SSSR count). The summed E-state index contributed by atoms with van der Waals surface area (Å²) in [4.78, 5) is 4.29. The van der Waals surface area contributed by atoms with Crippen LogP contribution in [0, 0.1) is 5.82 Å². The molecule has 0 amide bonds. The molecule has 0 aliphatic heterocycles. The summed E-state index contributed by atoms with van der Waals surface area (Å²) in [5.41, 5.74) is 2.67. The van der Waals surface area contributed by atoms with Crippen molar-refractivity contribution in [3.05, 3.63) is 71.3 Å². The Morgan fingerprint density at radius 2 is 2.00 bits per heavy atom. The van der Waals surface area contributed by atoms with Gasteiger partial charge >= 0.3 is 0 Å². The van der Waals surface area contributed by atoms with Crippen LogP contribution in [0.3, 0.4) is 0 Å². The highest BCUT2D eigenvalue weighted by Crippen LogP contribution is 2.22. The van der Waals surface area contributed by atoms with Crippen LogP contribution >= 0.6 is 15.9 Å². The maximum Gasteiger partial charge on any atom is 0.126 e. The van der Waals surface area contributed by atoms with E-state index in [1.807, 2.05) is 47.3 Å². The van der Waals surface area contributed by atoms with Crippen LogP contribution in [0.5, 0.6) is 0 Å². The van der Waals surface area contributed by atoms with Crippen molar-refractivity contribution in [2.24, 2.45) is 0 Å². The highest BCUT2D eigenvalue weighted by Gasteiger charge is 2.04. The molecule has 0 atom stereocenters. The average Bonchev–Trinajstić information content (AvgIpc) is 2.88. The van der Waals surface area contributed by atoms with Gasteiger partial charge in [-0.05, 0) is 36.4 Å². The first-order valence-electron chi connectivity index (χ1n) is 5.78. The van der Waals surface area contributed by atoms with Crippen molar-refractivity contribution in [3.8, 4) is 16.9 Å². The zero-order valence-corrected chi connectivity index (χ0v) is 11.5. The first-order chi connectivity index (χ1) is 9.22. The van der Waals surface area contributed by atoms with E-state index >= 15 is 0 Å². The summed E-state index contributed by atoms with van der Waals surface area (Å²) >= 11 is 3.30. The molecule has 0 spiro atoms. The number of hydrogen-bond acceptors (Lipinski definition) is 1. The number of hydrogen-bond donors (Lipinski definition) is 0. The maximum absolute atomic E-state index is 13.4. The molecule has 0 aliphatic carbocycles. The molecule has 0 N–H and O–H groups in total. The first-order valence-corrected chi connectivity index (χ1v) is 6.57. The number of rotatable bonds is 2. The largest absolute Gasteiger partial charge is 0.323 e. The van der Waals surface area contributed by atoms with E-state index in [0.29, 0.717) is 0 Å². The van der Waals surface area contributed by atoms with E-state index in [4.69, 9.17) is 0 Å². The smallest absolute Gasteiger partial charge is 0.126 e. The Morgan fingerprint density at radius 1 is 1.11 bits per heavy atom. The van der Waals surface area contributed by atoms with Gasteiger partial charge in [-0.2, -0.15) is 0 Å². The van der Waals surface area contributed by atoms with Crippen molar-refractivity contribution >= 4 is 15.9 Å². The zero-order chi connectivity index (χ0) is 13.2. The molecule has 0 radical (unpaired) electrons. The van der Waals surface area contributed by atoms with Gasteiger partial charge in [-0.3, -0.25) is 4.98 Å². The molecular weight excluding hydrogens is 307 g/mol. The Kier molecular flexibility index (Phi) is 3.17. The molecule has 2 aromatic heterocycles. The molecule has 0 aliphatic rings. The fourth-order valence-electron chi connectivity index (χ4n) is 1.93. The highest BCUT2D eigenvalue weighted by atomic mass is 79.9. The van der Waals surface area contributed by atoms with Crippen LogP contribution in [-0.2, 0) is 0 Å². The molecule has 3 aromatic rings. The predicted octanol–water partition coefficient (Wildman–Crippen LogP) is 4.44. The van der Waals surface area contributed by atoms with Crippen LogP contribution in [-0.4, -0.2) is 9.55 Å². The van der Waals surface area contributed by atoms with Crippen molar-refractivity contribution in [2.75, 3.05) is 0 Å². The van der Waals surface area contributed by atoms with Gasteiger partial charge in [-0.25, -0.2) is 4.39 Å². The van der Waals surface area contributed by atoms with E-state index < -0.39 is 0 Å².